The van der Waals surface area contributed by atoms with Crippen LogP contribution in [-0.4, -0.2) is 25.6 Å². The van der Waals surface area contributed by atoms with Gasteiger partial charge in [-0.2, -0.15) is 0 Å². The van der Waals surface area contributed by atoms with Crippen LogP contribution in [0.3, 0.4) is 0 Å². The first kappa shape index (κ1) is 12.1. The lowest BCUT2D eigenvalue weighted by Gasteiger charge is -2.20. The van der Waals surface area contributed by atoms with Crippen molar-refractivity contribution in [3.05, 3.63) is 24.3 Å². The van der Waals surface area contributed by atoms with Gasteiger partial charge in [0, 0.05) is 24.5 Å². The van der Waals surface area contributed by atoms with Gasteiger partial charge in [0.15, 0.2) is 0 Å². The van der Waals surface area contributed by atoms with Crippen LogP contribution in [0.1, 0.15) is 19.8 Å². The van der Waals surface area contributed by atoms with E-state index < -0.39 is 12.5 Å². The van der Waals surface area contributed by atoms with Crippen molar-refractivity contribution in [1.82, 2.24) is 0 Å². The van der Waals surface area contributed by atoms with Crippen LogP contribution >= 0.6 is 0 Å². The monoisotopic (exact) mass is 240 g/mol. The largest absolute Gasteiger partial charge is 0.377 e. The summed E-state index contributed by atoms with van der Waals surface area (Å²) in [6.45, 7) is 3.62. The van der Waals surface area contributed by atoms with Gasteiger partial charge in [-0.15, -0.1) is 0 Å². The first-order valence-electron chi connectivity index (χ1n) is 6.06. The Morgan fingerprint density at radius 1 is 1.24 bits per heavy atom. The second kappa shape index (κ2) is 5.34. The first-order valence-corrected chi connectivity index (χ1v) is 6.06. The Kier molecular flexibility index (Phi) is 3.82. The number of halogens is 2. The van der Waals surface area contributed by atoms with Crippen LogP contribution in [0.25, 0.3) is 0 Å². The molecule has 1 aromatic rings. The average molecular weight is 240 g/mol. The summed E-state index contributed by atoms with van der Waals surface area (Å²) in [6.07, 6.45) is 0.0846. The lowest BCUT2D eigenvalue weighted by molar-refractivity contribution is 0.131. The molecule has 17 heavy (non-hydrogen) atoms. The minimum Gasteiger partial charge on any atom is -0.377 e. The summed E-state index contributed by atoms with van der Waals surface area (Å²) in [5, 5.41) is 2.83. The number of rotatable bonds is 4. The highest BCUT2D eigenvalue weighted by Crippen LogP contribution is 2.24. The van der Waals surface area contributed by atoms with E-state index >= 15 is 0 Å². The third kappa shape index (κ3) is 3.08. The fraction of sp³-hybridized carbons (Fsp3) is 0.538. The predicted molar refractivity (Wildman–Crippen MR) is 67.0 cm³/mol. The molecule has 4 heteroatoms. The Morgan fingerprint density at radius 2 is 1.94 bits per heavy atom. The molecule has 1 aliphatic heterocycles. The number of alkyl halides is 2. The van der Waals surface area contributed by atoms with E-state index in [9.17, 15) is 8.78 Å². The van der Waals surface area contributed by atoms with Crippen molar-refractivity contribution in [2.24, 2.45) is 0 Å². The highest BCUT2D eigenvalue weighted by Gasteiger charge is 2.15. The molecule has 2 rings (SSSR count). The molecule has 1 N–H and O–H groups in total. The molecule has 2 nitrogen and oxygen atoms in total. The van der Waals surface area contributed by atoms with Crippen LogP contribution in [0.15, 0.2) is 24.3 Å². The van der Waals surface area contributed by atoms with Gasteiger partial charge in [-0.05, 0) is 38.0 Å². The number of hydrogen-bond donors (Lipinski definition) is 1. The van der Waals surface area contributed by atoms with Crippen LogP contribution in [0.4, 0.5) is 20.2 Å². The number of nitrogens with zero attached hydrogens (tertiary/aromatic N) is 1. The third-order valence-electron chi connectivity index (χ3n) is 3.09. The number of nitrogens with one attached hydrogen (secondary N) is 1. The van der Waals surface area contributed by atoms with Gasteiger partial charge in [0.2, 0.25) is 0 Å². The summed E-state index contributed by atoms with van der Waals surface area (Å²) in [5.41, 5.74) is 1.89. The molecule has 1 unspecified atom stereocenters. The first-order chi connectivity index (χ1) is 8.16. The van der Waals surface area contributed by atoms with E-state index in [2.05, 4.69) is 10.2 Å². The smallest absolute Gasteiger partial charge is 0.258 e. The zero-order valence-corrected chi connectivity index (χ0v) is 10.00. The van der Waals surface area contributed by atoms with Gasteiger partial charge < -0.3 is 10.2 Å². The molecule has 0 aromatic heterocycles. The van der Waals surface area contributed by atoms with Gasteiger partial charge in [-0.3, -0.25) is 0 Å². The Hall–Kier alpha value is -1.32. The molecule has 1 aliphatic rings. The van der Waals surface area contributed by atoms with Crippen molar-refractivity contribution in [1.29, 1.82) is 0 Å². The van der Waals surface area contributed by atoms with Gasteiger partial charge >= 0.3 is 0 Å². The molecule has 0 saturated carbocycles. The molecule has 1 saturated heterocycles. The highest BCUT2D eigenvalue weighted by atomic mass is 19.3. The topological polar surface area (TPSA) is 15.3 Å². The Bertz CT molecular complexity index is 362. The van der Waals surface area contributed by atoms with E-state index in [0.717, 1.165) is 24.5 Å². The molecular formula is C13H18F2N2. The highest BCUT2D eigenvalue weighted by molar-refractivity contribution is 5.58. The molecule has 0 amide bonds. The van der Waals surface area contributed by atoms with Crippen LogP contribution < -0.4 is 10.2 Å². The summed E-state index contributed by atoms with van der Waals surface area (Å²) in [5.74, 6) is 0. The number of hydrogen-bond acceptors (Lipinski definition) is 2. The maximum atomic E-state index is 12.4. The van der Waals surface area contributed by atoms with Crippen molar-refractivity contribution < 1.29 is 8.78 Å². The van der Waals surface area contributed by atoms with Crippen molar-refractivity contribution in [3.63, 3.8) is 0 Å². The van der Waals surface area contributed by atoms with Crippen molar-refractivity contribution in [3.8, 4) is 0 Å². The summed E-state index contributed by atoms with van der Waals surface area (Å²) in [4.78, 5) is 2.29. The van der Waals surface area contributed by atoms with Crippen LogP contribution in [0, 0.1) is 0 Å². The normalized spacial score (nSPS) is 17.5. The van der Waals surface area contributed by atoms with Crippen molar-refractivity contribution in [2.75, 3.05) is 23.3 Å². The summed E-state index contributed by atoms with van der Waals surface area (Å²) >= 11 is 0. The van der Waals surface area contributed by atoms with Gasteiger partial charge in [0.05, 0.1) is 6.04 Å². The molecular weight excluding hydrogens is 222 g/mol. The second-order valence-corrected chi connectivity index (χ2v) is 4.51. The van der Waals surface area contributed by atoms with Gasteiger partial charge in [-0.25, -0.2) is 8.78 Å². The molecule has 1 aromatic carbocycles. The Morgan fingerprint density at radius 3 is 2.59 bits per heavy atom. The van der Waals surface area contributed by atoms with Crippen LogP contribution in [-0.2, 0) is 0 Å². The molecule has 0 radical (unpaired) electrons. The maximum Gasteiger partial charge on any atom is 0.258 e. The van der Waals surface area contributed by atoms with Crippen molar-refractivity contribution in [2.45, 2.75) is 32.2 Å². The van der Waals surface area contributed by atoms with Gasteiger partial charge in [0.1, 0.15) is 0 Å². The van der Waals surface area contributed by atoms with E-state index in [4.69, 9.17) is 0 Å². The van der Waals surface area contributed by atoms with Gasteiger partial charge in [0.25, 0.3) is 6.43 Å². The quantitative estimate of drug-likeness (QED) is 0.868. The standard InChI is InChI=1S/C13H18F2N2/c1-10(13(14)15)16-11-5-4-6-12(9-11)17-7-2-3-8-17/h4-6,9-10,13,16H,2-3,7-8H2,1H3. The molecule has 0 spiro atoms. The summed E-state index contributed by atoms with van der Waals surface area (Å²) < 4.78 is 24.9. The van der Waals surface area contributed by atoms with E-state index in [1.807, 2.05) is 24.3 Å². The fourth-order valence-electron chi connectivity index (χ4n) is 2.09. The summed E-state index contributed by atoms with van der Waals surface area (Å²) in [6, 6.07) is 6.91. The predicted octanol–water partition coefficient (Wildman–Crippen LogP) is 3.35. The molecule has 1 atom stereocenters. The Labute approximate surface area is 101 Å². The van der Waals surface area contributed by atoms with Crippen molar-refractivity contribution >= 4 is 11.4 Å². The molecule has 0 aliphatic carbocycles. The molecule has 1 fully saturated rings. The second-order valence-electron chi connectivity index (χ2n) is 4.51. The van der Waals surface area contributed by atoms with E-state index in [1.54, 1.807) is 0 Å². The average Bonchev–Trinajstić information content (AvgIpc) is 2.82. The Balaban J connectivity index is 2.05. The zero-order valence-electron chi connectivity index (χ0n) is 10.00. The van der Waals surface area contributed by atoms with Gasteiger partial charge in [-0.1, -0.05) is 6.07 Å². The number of benzene rings is 1. The molecule has 1 heterocycles. The van der Waals surface area contributed by atoms with E-state index in [0.29, 0.717) is 0 Å². The summed E-state index contributed by atoms with van der Waals surface area (Å²) in [7, 11) is 0. The lowest BCUT2D eigenvalue weighted by atomic mass is 10.2. The van der Waals surface area contributed by atoms with E-state index in [1.165, 1.54) is 19.8 Å². The lowest BCUT2D eigenvalue weighted by Crippen LogP contribution is -2.24. The zero-order chi connectivity index (χ0) is 12.3. The third-order valence-corrected chi connectivity index (χ3v) is 3.09. The molecule has 0 bridgehead atoms. The number of anilines is 2. The SMILES string of the molecule is CC(Nc1cccc(N2CCCC2)c1)C(F)F. The minimum absolute atomic E-state index is 0.766. The van der Waals surface area contributed by atoms with Crippen LogP contribution in [0.5, 0.6) is 0 Å². The minimum atomic E-state index is -2.34. The van der Waals surface area contributed by atoms with Crippen LogP contribution in [0.2, 0.25) is 0 Å². The van der Waals surface area contributed by atoms with E-state index in [-0.39, 0.29) is 0 Å². The fourth-order valence-corrected chi connectivity index (χ4v) is 2.09. The maximum absolute atomic E-state index is 12.4. The molecule has 94 valence electrons.